The van der Waals surface area contributed by atoms with Crippen LogP contribution in [0.4, 0.5) is 0 Å². The fourth-order valence-corrected chi connectivity index (χ4v) is 1.51. The Morgan fingerprint density at radius 1 is 0.333 bits per heavy atom. The molecule has 8 heteroatoms. The maximum absolute atomic E-state index is 3.39. The molecule has 0 aromatic carbocycles. The van der Waals surface area contributed by atoms with E-state index in [1.54, 1.807) is 0 Å². The molecule has 1 fully saturated rings. The van der Waals surface area contributed by atoms with E-state index in [0.717, 1.165) is 65.4 Å². The van der Waals surface area contributed by atoms with E-state index in [1.807, 2.05) is 0 Å². The quantitative estimate of drug-likeness (QED) is 0.281. The van der Waals surface area contributed by atoms with Gasteiger partial charge in [0, 0.05) is 65.4 Å². The Balaban J connectivity index is -0.000000750. The predicted molar refractivity (Wildman–Crippen MR) is 64.3 cm³/mol. The predicted octanol–water partition coefficient (Wildman–Crippen LogP) is -8.05. The molecular formula is C10H25Cl2CuN5. The van der Waals surface area contributed by atoms with Gasteiger partial charge in [0.2, 0.25) is 0 Å². The Morgan fingerprint density at radius 3 is 0.556 bits per heavy atom. The summed E-state index contributed by atoms with van der Waals surface area (Å²) in [5.74, 6) is 0. The van der Waals surface area contributed by atoms with Crippen LogP contribution >= 0.6 is 0 Å². The van der Waals surface area contributed by atoms with Crippen molar-refractivity contribution < 1.29 is 41.9 Å². The van der Waals surface area contributed by atoms with Crippen molar-refractivity contribution in [1.29, 1.82) is 0 Å². The molecule has 0 amide bonds. The molecule has 5 N–H and O–H groups in total. The van der Waals surface area contributed by atoms with Gasteiger partial charge in [0.05, 0.1) is 0 Å². The van der Waals surface area contributed by atoms with Gasteiger partial charge in [-0.3, -0.25) is 0 Å². The van der Waals surface area contributed by atoms with Crippen LogP contribution in [-0.2, 0) is 17.1 Å². The molecule has 1 rings (SSSR count). The monoisotopic (exact) mass is 348 g/mol. The Kier molecular flexibility index (Phi) is 26.9. The summed E-state index contributed by atoms with van der Waals surface area (Å²) in [6, 6.07) is 0. The molecule has 0 bridgehead atoms. The summed E-state index contributed by atoms with van der Waals surface area (Å²) in [4.78, 5) is 0. The first-order valence-electron chi connectivity index (χ1n) is 6.04. The summed E-state index contributed by atoms with van der Waals surface area (Å²) in [5, 5.41) is 16.9. The van der Waals surface area contributed by atoms with Crippen molar-refractivity contribution in [3.8, 4) is 0 Å². The molecule has 0 atom stereocenters. The second kappa shape index (κ2) is 20.2. The summed E-state index contributed by atoms with van der Waals surface area (Å²) < 4.78 is 0. The standard InChI is InChI=1S/C10H25N5.2ClH.Cu/c1-2-12-5-6-14-9-10-15-8-7-13-4-3-11-1;;;/h11-15H,1-10H2;2*1H;/q;;;+2/p-2. The summed E-state index contributed by atoms with van der Waals surface area (Å²) in [5.41, 5.74) is 0. The van der Waals surface area contributed by atoms with Crippen LogP contribution in [0.5, 0.6) is 0 Å². The number of hydrogen-bond acceptors (Lipinski definition) is 5. The van der Waals surface area contributed by atoms with Crippen LogP contribution < -0.4 is 51.4 Å². The van der Waals surface area contributed by atoms with Crippen molar-refractivity contribution in [3.63, 3.8) is 0 Å². The minimum absolute atomic E-state index is 0. The van der Waals surface area contributed by atoms with E-state index in [4.69, 9.17) is 0 Å². The van der Waals surface area contributed by atoms with Crippen molar-refractivity contribution >= 4 is 0 Å². The molecule has 0 saturated carbocycles. The van der Waals surface area contributed by atoms with E-state index < -0.39 is 0 Å². The molecule has 0 aromatic rings. The molecule has 5 nitrogen and oxygen atoms in total. The van der Waals surface area contributed by atoms with Crippen LogP contribution in [-0.4, -0.2) is 65.4 Å². The molecule has 0 aromatic heterocycles. The Hall–Kier alpha value is 0.899. The minimum atomic E-state index is 0. The van der Waals surface area contributed by atoms with Gasteiger partial charge in [-0.25, -0.2) is 0 Å². The van der Waals surface area contributed by atoms with Crippen LogP contribution in [0.25, 0.3) is 0 Å². The van der Waals surface area contributed by atoms with Gasteiger partial charge in [-0.05, 0) is 0 Å². The fourth-order valence-electron chi connectivity index (χ4n) is 1.51. The smallest absolute Gasteiger partial charge is 1.00 e. The Bertz CT molecular complexity index is 86.8. The molecule has 1 aliphatic rings. The fraction of sp³-hybridized carbons (Fsp3) is 1.00. The summed E-state index contributed by atoms with van der Waals surface area (Å²) >= 11 is 0. The molecule has 0 aliphatic carbocycles. The van der Waals surface area contributed by atoms with Gasteiger partial charge < -0.3 is 51.4 Å². The van der Waals surface area contributed by atoms with E-state index in [0.29, 0.717) is 0 Å². The largest absolute Gasteiger partial charge is 2.00 e. The van der Waals surface area contributed by atoms with Crippen LogP contribution in [0.15, 0.2) is 0 Å². The topological polar surface area (TPSA) is 60.1 Å². The van der Waals surface area contributed by atoms with Gasteiger partial charge in [0.1, 0.15) is 0 Å². The van der Waals surface area contributed by atoms with E-state index in [1.165, 1.54) is 0 Å². The summed E-state index contributed by atoms with van der Waals surface area (Å²) in [6.45, 7) is 10.6. The van der Waals surface area contributed by atoms with E-state index in [9.17, 15) is 0 Å². The van der Waals surface area contributed by atoms with Gasteiger partial charge in [0.15, 0.2) is 0 Å². The molecule has 1 aliphatic heterocycles. The van der Waals surface area contributed by atoms with Gasteiger partial charge in [-0.2, -0.15) is 0 Å². The van der Waals surface area contributed by atoms with Crippen LogP contribution in [0, 0.1) is 0 Å². The van der Waals surface area contributed by atoms with Gasteiger partial charge in [0.25, 0.3) is 0 Å². The van der Waals surface area contributed by atoms with Gasteiger partial charge >= 0.3 is 17.1 Å². The van der Waals surface area contributed by atoms with Crippen LogP contribution in [0.3, 0.4) is 0 Å². The van der Waals surface area contributed by atoms with Crippen molar-refractivity contribution in [3.05, 3.63) is 0 Å². The number of hydrogen-bond donors (Lipinski definition) is 5. The first-order chi connectivity index (χ1) is 7.50. The molecule has 1 heterocycles. The maximum Gasteiger partial charge on any atom is 2.00 e. The van der Waals surface area contributed by atoms with Crippen molar-refractivity contribution in [2.45, 2.75) is 0 Å². The zero-order valence-corrected chi connectivity index (χ0v) is 13.1. The zero-order valence-electron chi connectivity index (χ0n) is 10.6. The van der Waals surface area contributed by atoms with Crippen LogP contribution in [0.1, 0.15) is 0 Å². The third kappa shape index (κ3) is 16.9. The van der Waals surface area contributed by atoms with Crippen molar-refractivity contribution in [1.82, 2.24) is 26.6 Å². The third-order valence-corrected chi connectivity index (χ3v) is 2.39. The molecule has 0 unspecified atom stereocenters. The van der Waals surface area contributed by atoms with Gasteiger partial charge in [-0.1, -0.05) is 0 Å². The van der Waals surface area contributed by atoms with E-state index in [-0.39, 0.29) is 41.9 Å². The number of nitrogens with one attached hydrogen (secondary N) is 5. The SMILES string of the molecule is C1CNCCNCCNCCNCCN1.[Cl-].[Cl-].[Cu+2]. The average Bonchev–Trinajstić information content (AvgIpc) is 2.27. The summed E-state index contributed by atoms with van der Waals surface area (Å²) in [6.07, 6.45) is 0. The zero-order chi connectivity index (χ0) is 10.6. The van der Waals surface area contributed by atoms with Crippen LogP contribution in [0.2, 0.25) is 0 Å². The first-order valence-corrected chi connectivity index (χ1v) is 6.04. The van der Waals surface area contributed by atoms with E-state index in [2.05, 4.69) is 26.6 Å². The normalized spacial score (nSPS) is 20.0. The molecule has 0 spiro atoms. The second-order valence-corrected chi connectivity index (χ2v) is 3.75. The molecule has 115 valence electrons. The van der Waals surface area contributed by atoms with E-state index >= 15 is 0 Å². The third-order valence-electron chi connectivity index (χ3n) is 2.39. The maximum atomic E-state index is 3.39. The molecular weight excluding hydrogens is 325 g/mol. The molecule has 18 heavy (non-hydrogen) atoms. The second-order valence-electron chi connectivity index (χ2n) is 3.75. The Morgan fingerprint density at radius 2 is 0.444 bits per heavy atom. The first kappa shape index (κ1) is 24.0. The minimum Gasteiger partial charge on any atom is -1.00 e. The number of rotatable bonds is 0. The Labute approximate surface area is 134 Å². The summed E-state index contributed by atoms with van der Waals surface area (Å²) in [7, 11) is 0. The molecule has 1 saturated heterocycles. The average molecular weight is 350 g/mol. The van der Waals surface area contributed by atoms with Crippen molar-refractivity contribution in [2.24, 2.45) is 0 Å². The molecule has 1 radical (unpaired) electrons. The number of halogens is 2. The van der Waals surface area contributed by atoms with Gasteiger partial charge in [-0.15, -0.1) is 0 Å². The van der Waals surface area contributed by atoms with Crippen molar-refractivity contribution in [2.75, 3.05) is 65.4 Å².